The van der Waals surface area contributed by atoms with E-state index in [0.29, 0.717) is 0 Å². The summed E-state index contributed by atoms with van der Waals surface area (Å²) in [6.45, 7) is 8.20. The quantitative estimate of drug-likeness (QED) is 0.561. The zero-order chi connectivity index (χ0) is 22.4. The van der Waals surface area contributed by atoms with Gasteiger partial charge in [0.25, 0.3) is 0 Å². The number of carbonyl (C=O) groups excluding carboxylic acids is 1. The van der Waals surface area contributed by atoms with Crippen molar-refractivity contribution in [3.63, 3.8) is 0 Å². The number of aliphatic hydroxyl groups excluding tert-OH is 2. The van der Waals surface area contributed by atoms with E-state index in [2.05, 4.69) is 19.9 Å². The molecule has 31 heavy (non-hydrogen) atoms. The van der Waals surface area contributed by atoms with Gasteiger partial charge in [-0.3, -0.25) is 0 Å². The molecule has 0 spiro atoms. The maximum Gasteiger partial charge on any atom is 1.00 e. The average molecular weight is 455 g/mol. The molecule has 2 aromatic rings. The van der Waals surface area contributed by atoms with Gasteiger partial charge in [-0.05, 0) is 49.1 Å². The van der Waals surface area contributed by atoms with E-state index in [-0.39, 0.29) is 47.7 Å². The van der Waals surface area contributed by atoms with Crippen LogP contribution in [0.4, 0.5) is 4.39 Å². The summed E-state index contributed by atoms with van der Waals surface area (Å²) in [5.74, 6) is -1.44. The van der Waals surface area contributed by atoms with Crippen LogP contribution in [-0.2, 0) is 4.79 Å². The van der Waals surface area contributed by atoms with Gasteiger partial charge in [-0.2, -0.15) is 0 Å². The Labute approximate surface area is 209 Å². The van der Waals surface area contributed by atoms with Crippen LogP contribution in [0.15, 0.2) is 35.9 Å². The number of benzene rings is 1. The van der Waals surface area contributed by atoms with Crippen molar-refractivity contribution in [2.45, 2.75) is 58.7 Å². The first kappa shape index (κ1) is 27.8. The summed E-state index contributed by atoms with van der Waals surface area (Å²) in [6.07, 6.45) is 2.65. The van der Waals surface area contributed by atoms with Gasteiger partial charge in [0.15, 0.2) is 0 Å². The van der Waals surface area contributed by atoms with Gasteiger partial charge < -0.3 is 20.1 Å². The minimum absolute atomic E-state index is 0. The molecule has 2 atom stereocenters. The minimum Gasteiger partial charge on any atom is -0.550 e. The molecule has 0 aliphatic heterocycles. The summed E-state index contributed by atoms with van der Waals surface area (Å²) >= 11 is 1.66. The summed E-state index contributed by atoms with van der Waals surface area (Å²) in [7, 11) is 0. The van der Waals surface area contributed by atoms with Crippen LogP contribution in [0, 0.1) is 5.82 Å². The molecular formula is C24H28FNaO4S. The van der Waals surface area contributed by atoms with Crippen molar-refractivity contribution in [1.82, 2.24) is 0 Å². The molecule has 7 heteroatoms. The Kier molecular flexibility index (Phi) is 11.4. The fraction of sp³-hybridized carbons (Fsp3) is 0.375. The van der Waals surface area contributed by atoms with Crippen molar-refractivity contribution in [2.24, 2.45) is 0 Å². The molecular weight excluding hydrogens is 426 g/mol. The van der Waals surface area contributed by atoms with Crippen molar-refractivity contribution in [3.05, 3.63) is 57.0 Å². The fourth-order valence-corrected chi connectivity index (χ4v) is 4.57. The smallest absolute Gasteiger partial charge is 0.550 e. The molecule has 2 rings (SSSR count). The number of aliphatic hydroxyl groups is 2. The molecule has 2 N–H and O–H groups in total. The predicted molar refractivity (Wildman–Crippen MR) is 118 cm³/mol. The monoisotopic (exact) mass is 454 g/mol. The number of halogens is 1. The SMILES string of the molecule is CC(C)=Cc1sc(C(C)C)c(/C=C/[C@@H](O)C[C@@H](O)CC(=O)[O-])c1-c1ccc(F)cc1.[Na+]. The molecule has 0 unspecified atom stereocenters. The summed E-state index contributed by atoms with van der Waals surface area (Å²) < 4.78 is 13.5. The van der Waals surface area contributed by atoms with E-state index in [9.17, 15) is 24.5 Å². The maximum atomic E-state index is 13.5. The Bertz CT molecular complexity index is 928. The first-order valence-electron chi connectivity index (χ1n) is 9.90. The number of aliphatic carboxylic acids is 1. The number of hydrogen-bond acceptors (Lipinski definition) is 5. The molecule has 0 fully saturated rings. The van der Waals surface area contributed by atoms with Crippen LogP contribution >= 0.6 is 11.3 Å². The van der Waals surface area contributed by atoms with E-state index < -0.39 is 24.6 Å². The molecule has 1 aromatic heterocycles. The average Bonchev–Trinajstić information content (AvgIpc) is 2.97. The van der Waals surface area contributed by atoms with Crippen molar-refractivity contribution in [1.29, 1.82) is 0 Å². The number of carboxylic acids is 1. The molecule has 1 aromatic carbocycles. The number of thiophene rings is 1. The van der Waals surface area contributed by atoms with Crippen molar-refractivity contribution in [3.8, 4) is 11.1 Å². The Morgan fingerprint density at radius 1 is 1.19 bits per heavy atom. The van der Waals surface area contributed by atoms with Gasteiger partial charge in [0, 0.05) is 34.1 Å². The second kappa shape index (κ2) is 12.7. The Morgan fingerprint density at radius 2 is 1.81 bits per heavy atom. The van der Waals surface area contributed by atoms with Crippen LogP contribution < -0.4 is 34.7 Å². The Hall–Kier alpha value is -1.28. The van der Waals surface area contributed by atoms with Gasteiger partial charge in [0.1, 0.15) is 5.82 Å². The first-order chi connectivity index (χ1) is 14.1. The van der Waals surface area contributed by atoms with Crippen molar-refractivity contribution in [2.75, 3.05) is 0 Å². The molecule has 0 saturated carbocycles. The van der Waals surface area contributed by atoms with E-state index in [1.807, 2.05) is 19.9 Å². The molecule has 1 heterocycles. The zero-order valence-electron chi connectivity index (χ0n) is 18.7. The van der Waals surface area contributed by atoms with E-state index in [1.165, 1.54) is 12.1 Å². The fourth-order valence-electron chi connectivity index (χ4n) is 3.19. The number of allylic oxidation sites excluding steroid dienone is 1. The third kappa shape index (κ3) is 8.29. The molecule has 0 radical (unpaired) electrons. The van der Waals surface area contributed by atoms with Crippen LogP contribution in [0.3, 0.4) is 0 Å². The third-order valence-electron chi connectivity index (χ3n) is 4.48. The van der Waals surface area contributed by atoms with E-state index in [0.717, 1.165) is 32.0 Å². The second-order valence-corrected chi connectivity index (χ2v) is 8.98. The van der Waals surface area contributed by atoms with Crippen LogP contribution in [0.2, 0.25) is 0 Å². The van der Waals surface area contributed by atoms with Crippen LogP contribution in [0.5, 0.6) is 0 Å². The molecule has 4 nitrogen and oxygen atoms in total. The molecule has 0 aliphatic carbocycles. The number of carboxylic acid groups (broad SMARTS) is 1. The molecule has 0 bridgehead atoms. The molecule has 0 saturated heterocycles. The molecule has 0 aliphatic rings. The number of carbonyl (C=O) groups is 1. The summed E-state index contributed by atoms with van der Waals surface area (Å²) in [4.78, 5) is 12.8. The topological polar surface area (TPSA) is 80.6 Å². The summed E-state index contributed by atoms with van der Waals surface area (Å²) in [5.41, 5.74) is 3.90. The first-order valence-corrected chi connectivity index (χ1v) is 10.7. The van der Waals surface area contributed by atoms with Crippen LogP contribution in [0.1, 0.15) is 61.8 Å². The van der Waals surface area contributed by atoms with Crippen molar-refractivity contribution < 1.29 is 54.1 Å². The van der Waals surface area contributed by atoms with Gasteiger partial charge in [-0.15, -0.1) is 11.3 Å². The van der Waals surface area contributed by atoms with Crippen LogP contribution in [-0.4, -0.2) is 28.4 Å². The zero-order valence-corrected chi connectivity index (χ0v) is 21.5. The predicted octanol–water partition coefficient (Wildman–Crippen LogP) is 1.37. The van der Waals surface area contributed by atoms with E-state index >= 15 is 0 Å². The van der Waals surface area contributed by atoms with E-state index in [4.69, 9.17) is 0 Å². The molecule has 0 amide bonds. The largest absolute Gasteiger partial charge is 1.00 e. The summed E-state index contributed by atoms with van der Waals surface area (Å²) in [5, 5.41) is 30.6. The van der Waals surface area contributed by atoms with E-state index in [1.54, 1.807) is 29.5 Å². The minimum atomic E-state index is -1.36. The standard InChI is InChI=1S/C24H29FO4S.Na/c1-14(2)11-21-23(16-5-7-17(25)8-6-16)20(24(30-21)15(3)4)10-9-18(26)12-19(27)13-22(28)29;/h5-11,15,18-19,26-27H,12-13H2,1-4H3,(H,28,29);/q;+1/p-1/b10-9+;/t18-,19-;/m1./s1. The van der Waals surface area contributed by atoms with Gasteiger partial charge in [0.05, 0.1) is 12.2 Å². The maximum absolute atomic E-state index is 13.5. The number of hydrogen-bond donors (Lipinski definition) is 2. The summed E-state index contributed by atoms with van der Waals surface area (Å²) in [6, 6.07) is 6.32. The van der Waals surface area contributed by atoms with Crippen LogP contribution in [0.25, 0.3) is 23.3 Å². The Balaban J connectivity index is 0.00000480. The van der Waals surface area contributed by atoms with Gasteiger partial charge in [-0.25, -0.2) is 4.39 Å². The van der Waals surface area contributed by atoms with Crippen molar-refractivity contribution >= 4 is 29.5 Å². The Morgan fingerprint density at radius 3 is 2.32 bits per heavy atom. The van der Waals surface area contributed by atoms with Gasteiger partial charge in [-0.1, -0.05) is 43.7 Å². The number of rotatable bonds is 9. The normalized spacial score (nSPS) is 13.2. The third-order valence-corrected chi connectivity index (χ3v) is 5.93. The van der Waals surface area contributed by atoms with Gasteiger partial charge >= 0.3 is 29.6 Å². The van der Waals surface area contributed by atoms with Gasteiger partial charge in [0.2, 0.25) is 0 Å². The molecule has 162 valence electrons. The second-order valence-electron chi connectivity index (χ2n) is 7.89.